The first-order valence-corrected chi connectivity index (χ1v) is 3.15. The predicted octanol–water partition coefficient (Wildman–Crippen LogP) is 0.104. The SMILES string of the molecule is C[C@@H]1CC[C@H](O)[C@@H]1N. The van der Waals surface area contributed by atoms with E-state index in [0.717, 1.165) is 12.8 Å². The Balaban J connectivity index is 2.44. The second kappa shape index (κ2) is 2.03. The Labute approximate surface area is 49.7 Å². The maximum absolute atomic E-state index is 9.04. The zero-order valence-electron chi connectivity index (χ0n) is 5.17. The topological polar surface area (TPSA) is 46.2 Å². The van der Waals surface area contributed by atoms with Crippen LogP contribution in [-0.2, 0) is 0 Å². The van der Waals surface area contributed by atoms with Crippen LogP contribution in [0.5, 0.6) is 0 Å². The van der Waals surface area contributed by atoms with Gasteiger partial charge in [0.2, 0.25) is 0 Å². The summed E-state index contributed by atoms with van der Waals surface area (Å²) in [6.07, 6.45) is 1.75. The third kappa shape index (κ3) is 0.858. The first kappa shape index (κ1) is 6.05. The van der Waals surface area contributed by atoms with Crippen molar-refractivity contribution >= 4 is 0 Å². The molecule has 0 unspecified atom stereocenters. The molecule has 48 valence electrons. The molecular formula is C6H13NO. The third-order valence-electron chi connectivity index (χ3n) is 2.02. The van der Waals surface area contributed by atoms with E-state index >= 15 is 0 Å². The lowest BCUT2D eigenvalue weighted by molar-refractivity contribution is 0.158. The molecular weight excluding hydrogens is 102 g/mol. The average molecular weight is 115 g/mol. The second-order valence-electron chi connectivity index (χ2n) is 2.70. The molecule has 3 N–H and O–H groups in total. The van der Waals surface area contributed by atoms with Crippen molar-refractivity contribution in [2.24, 2.45) is 11.7 Å². The van der Waals surface area contributed by atoms with Gasteiger partial charge in [0.25, 0.3) is 0 Å². The lowest BCUT2D eigenvalue weighted by Gasteiger charge is -2.11. The summed E-state index contributed by atoms with van der Waals surface area (Å²) in [5, 5.41) is 9.04. The normalized spacial score (nSPS) is 47.6. The van der Waals surface area contributed by atoms with Gasteiger partial charge in [-0.15, -0.1) is 0 Å². The lowest BCUT2D eigenvalue weighted by atomic mass is 10.1. The Hall–Kier alpha value is -0.0800. The molecule has 2 nitrogen and oxygen atoms in total. The summed E-state index contributed by atoms with van der Waals surface area (Å²) in [5.74, 6) is 0.519. The van der Waals surface area contributed by atoms with Gasteiger partial charge in [-0.05, 0) is 18.8 Å². The standard InChI is InChI=1S/C6H13NO/c1-4-2-3-5(8)6(4)7/h4-6,8H,2-3,7H2,1H3/t4-,5+,6-/m1/s1. The summed E-state index contributed by atoms with van der Waals surface area (Å²) in [6, 6.07) is 0.0370. The van der Waals surface area contributed by atoms with E-state index in [1.807, 2.05) is 0 Å². The number of rotatable bonds is 0. The van der Waals surface area contributed by atoms with E-state index in [4.69, 9.17) is 10.8 Å². The Morgan fingerprint density at radius 3 is 2.25 bits per heavy atom. The van der Waals surface area contributed by atoms with Crippen molar-refractivity contribution in [3.63, 3.8) is 0 Å². The van der Waals surface area contributed by atoms with Crippen molar-refractivity contribution in [1.29, 1.82) is 0 Å². The Bertz CT molecular complexity index is 74.6. The number of hydrogen-bond acceptors (Lipinski definition) is 2. The number of nitrogens with two attached hydrogens (primary N) is 1. The predicted molar refractivity (Wildman–Crippen MR) is 32.4 cm³/mol. The van der Waals surface area contributed by atoms with Gasteiger partial charge in [-0.1, -0.05) is 6.92 Å². The van der Waals surface area contributed by atoms with Gasteiger partial charge in [-0.25, -0.2) is 0 Å². The summed E-state index contributed by atoms with van der Waals surface area (Å²) in [7, 11) is 0. The maximum atomic E-state index is 9.04. The van der Waals surface area contributed by atoms with Crippen LogP contribution < -0.4 is 5.73 Å². The number of aliphatic hydroxyl groups is 1. The van der Waals surface area contributed by atoms with Crippen molar-refractivity contribution in [2.75, 3.05) is 0 Å². The molecule has 0 aliphatic heterocycles. The van der Waals surface area contributed by atoms with Gasteiger partial charge < -0.3 is 10.8 Å². The van der Waals surface area contributed by atoms with Gasteiger partial charge >= 0.3 is 0 Å². The van der Waals surface area contributed by atoms with E-state index < -0.39 is 0 Å². The molecule has 0 aromatic rings. The van der Waals surface area contributed by atoms with E-state index in [1.165, 1.54) is 0 Å². The average Bonchev–Trinajstić information content (AvgIpc) is 1.98. The van der Waals surface area contributed by atoms with E-state index in [-0.39, 0.29) is 12.1 Å². The van der Waals surface area contributed by atoms with Crippen molar-refractivity contribution < 1.29 is 5.11 Å². The number of aliphatic hydroxyl groups excluding tert-OH is 1. The highest BCUT2D eigenvalue weighted by Gasteiger charge is 2.27. The van der Waals surface area contributed by atoms with Crippen molar-refractivity contribution in [2.45, 2.75) is 31.9 Å². The van der Waals surface area contributed by atoms with Crippen LogP contribution in [0, 0.1) is 5.92 Å². The van der Waals surface area contributed by atoms with Crippen molar-refractivity contribution in [3.8, 4) is 0 Å². The molecule has 0 aromatic heterocycles. The van der Waals surface area contributed by atoms with Crippen LogP contribution >= 0.6 is 0 Å². The highest BCUT2D eigenvalue weighted by molar-refractivity contribution is 4.84. The zero-order valence-corrected chi connectivity index (χ0v) is 5.17. The fourth-order valence-electron chi connectivity index (χ4n) is 1.20. The molecule has 2 heteroatoms. The van der Waals surface area contributed by atoms with E-state index in [1.54, 1.807) is 0 Å². The Morgan fingerprint density at radius 1 is 1.50 bits per heavy atom. The minimum Gasteiger partial charge on any atom is -0.392 e. The van der Waals surface area contributed by atoms with Crippen LogP contribution in [0.1, 0.15) is 19.8 Å². The molecule has 1 saturated carbocycles. The van der Waals surface area contributed by atoms with E-state index in [9.17, 15) is 0 Å². The second-order valence-corrected chi connectivity index (χ2v) is 2.70. The first-order chi connectivity index (χ1) is 3.72. The summed E-state index contributed by atoms with van der Waals surface area (Å²) in [4.78, 5) is 0. The molecule has 1 aliphatic carbocycles. The fourth-order valence-corrected chi connectivity index (χ4v) is 1.20. The minimum atomic E-state index is -0.231. The molecule has 0 saturated heterocycles. The first-order valence-electron chi connectivity index (χ1n) is 3.15. The fraction of sp³-hybridized carbons (Fsp3) is 1.00. The largest absolute Gasteiger partial charge is 0.392 e. The summed E-state index contributed by atoms with van der Waals surface area (Å²) in [5.41, 5.74) is 5.57. The zero-order chi connectivity index (χ0) is 6.15. The molecule has 0 heterocycles. The molecule has 1 rings (SSSR count). The molecule has 0 bridgehead atoms. The summed E-state index contributed by atoms with van der Waals surface area (Å²) >= 11 is 0. The Morgan fingerprint density at radius 2 is 2.12 bits per heavy atom. The molecule has 3 atom stereocenters. The minimum absolute atomic E-state index is 0.0370. The smallest absolute Gasteiger partial charge is 0.0693 e. The molecule has 8 heavy (non-hydrogen) atoms. The van der Waals surface area contributed by atoms with Gasteiger partial charge in [0.05, 0.1) is 6.10 Å². The van der Waals surface area contributed by atoms with Gasteiger partial charge in [-0.3, -0.25) is 0 Å². The van der Waals surface area contributed by atoms with Crippen LogP contribution in [0.25, 0.3) is 0 Å². The lowest BCUT2D eigenvalue weighted by Crippen LogP contribution is -2.33. The third-order valence-corrected chi connectivity index (χ3v) is 2.02. The van der Waals surface area contributed by atoms with E-state index in [2.05, 4.69) is 6.92 Å². The summed E-state index contributed by atoms with van der Waals surface area (Å²) in [6.45, 7) is 2.08. The monoisotopic (exact) mass is 115 g/mol. The molecule has 0 radical (unpaired) electrons. The highest BCUT2D eigenvalue weighted by atomic mass is 16.3. The van der Waals surface area contributed by atoms with Gasteiger partial charge in [0, 0.05) is 6.04 Å². The van der Waals surface area contributed by atoms with Gasteiger partial charge in [-0.2, -0.15) is 0 Å². The molecule has 1 aliphatic rings. The molecule has 0 amide bonds. The van der Waals surface area contributed by atoms with E-state index in [0.29, 0.717) is 5.92 Å². The van der Waals surface area contributed by atoms with Crippen molar-refractivity contribution in [1.82, 2.24) is 0 Å². The maximum Gasteiger partial charge on any atom is 0.0693 e. The highest BCUT2D eigenvalue weighted by Crippen LogP contribution is 2.23. The molecule has 0 spiro atoms. The van der Waals surface area contributed by atoms with Crippen LogP contribution in [0.15, 0.2) is 0 Å². The van der Waals surface area contributed by atoms with Gasteiger partial charge in [0.1, 0.15) is 0 Å². The van der Waals surface area contributed by atoms with Gasteiger partial charge in [0.15, 0.2) is 0 Å². The van der Waals surface area contributed by atoms with Crippen molar-refractivity contribution in [3.05, 3.63) is 0 Å². The summed E-state index contributed by atoms with van der Waals surface area (Å²) < 4.78 is 0. The van der Waals surface area contributed by atoms with Crippen LogP contribution in [-0.4, -0.2) is 17.3 Å². The molecule has 1 fully saturated rings. The van der Waals surface area contributed by atoms with Crippen LogP contribution in [0.2, 0.25) is 0 Å². The molecule has 0 aromatic carbocycles. The van der Waals surface area contributed by atoms with Crippen LogP contribution in [0.4, 0.5) is 0 Å². The Kier molecular flexibility index (Phi) is 1.54. The quantitative estimate of drug-likeness (QED) is 0.470. The number of hydrogen-bond donors (Lipinski definition) is 2. The van der Waals surface area contributed by atoms with Crippen LogP contribution in [0.3, 0.4) is 0 Å².